The number of aryl methyl sites for hydroxylation is 13. The Kier molecular flexibility index (Phi) is 37.6. The van der Waals surface area contributed by atoms with Gasteiger partial charge in [-0.1, -0.05) is 206 Å². The molecule has 0 heterocycles. The molecule has 8 nitrogen and oxygen atoms in total. The molecule has 486 valence electrons. The summed E-state index contributed by atoms with van der Waals surface area (Å²) in [5.41, 5.74) is 19.4. The first-order valence-electron chi connectivity index (χ1n) is 33.8. The van der Waals surface area contributed by atoms with E-state index in [0.29, 0.717) is 31.0 Å². The number of carbonyl (C=O) groups is 3. The Morgan fingerprint density at radius 2 is 0.644 bits per heavy atom. The zero-order valence-electron chi connectivity index (χ0n) is 56.1. The molecule has 0 spiro atoms. The SMILES string of the molecule is C=C(C)C(=O)O.C=C(C)C(=O)OCCCCCCc1ccc(CCc2ccc(CCc3ccc(CCCCCCOC(=O)C(=C)C)cc3)c(C)c2)cc1.CCCCCCOc1ccc(CCc2ccc(CCc3ccc(CCCCCCO)cc3)c(C)c2)cc1. The second kappa shape index (κ2) is 45.0. The van der Waals surface area contributed by atoms with Crippen LogP contribution in [0.15, 0.2) is 170 Å². The van der Waals surface area contributed by atoms with Gasteiger partial charge in [-0.15, -0.1) is 0 Å². The molecule has 6 aromatic rings. The Morgan fingerprint density at radius 3 is 0.978 bits per heavy atom. The summed E-state index contributed by atoms with van der Waals surface area (Å²) in [6, 6.07) is 50.1. The monoisotopic (exact) mass is 1220 g/mol. The van der Waals surface area contributed by atoms with Crippen LogP contribution in [0.25, 0.3) is 0 Å². The first kappa shape index (κ1) is 75.2. The van der Waals surface area contributed by atoms with Crippen molar-refractivity contribution >= 4 is 17.9 Å². The molecule has 90 heavy (non-hydrogen) atoms. The molecule has 0 aromatic heterocycles. The third-order valence-electron chi connectivity index (χ3n) is 16.5. The lowest BCUT2D eigenvalue weighted by Crippen LogP contribution is -2.06. The van der Waals surface area contributed by atoms with Crippen LogP contribution in [0.4, 0.5) is 0 Å². The third-order valence-corrected chi connectivity index (χ3v) is 16.5. The molecule has 0 amide bonds. The number of aliphatic hydroxyl groups excluding tert-OH is 1. The van der Waals surface area contributed by atoms with E-state index in [-0.39, 0.29) is 17.5 Å². The number of carbonyl (C=O) groups excluding carboxylic acids is 2. The predicted molar refractivity (Wildman–Crippen MR) is 375 cm³/mol. The van der Waals surface area contributed by atoms with Crippen molar-refractivity contribution in [2.45, 2.75) is 215 Å². The molecule has 0 aliphatic rings. The molecule has 0 radical (unpaired) electrons. The van der Waals surface area contributed by atoms with E-state index in [0.717, 1.165) is 154 Å². The predicted octanol–water partition coefficient (Wildman–Crippen LogP) is 19.3. The van der Waals surface area contributed by atoms with Gasteiger partial charge in [-0.2, -0.15) is 0 Å². The highest BCUT2D eigenvalue weighted by Gasteiger charge is 2.09. The fraction of sp³-hybridized carbons (Fsp3) is 0.451. The van der Waals surface area contributed by atoms with Crippen molar-refractivity contribution in [2.75, 3.05) is 26.4 Å². The van der Waals surface area contributed by atoms with Crippen molar-refractivity contribution in [1.29, 1.82) is 0 Å². The van der Waals surface area contributed by atoms with Gasteiger partial charge < -0.3 is 24.4 Å². The van der Waals surface area contributed by atoms with Crippen molar-refractivity contribution in [3.63, 3.8) is 0 Å². The molecule has 2 N–H and O–H groups in total. The number of rotatable bonds is 41. The number of carboxylic acids is 1. The molecule has 6 rings (SSSR count). The first-order chi connectivity index (χ1) is 43.5. The van der Waals surface area contributed by atoms with Crippen LogP contribution < -0.4 is 4.74 Å². The number of aliphatic hydroxyl groups is 1. The van der Waals surface area contributed by atoms with E-state index in [4.69, 9.17) is 24.4 Å². The lowest BCUT2D eigenvalue weighted by atomic mass is 9.95. The van der Waals surface area contributed by atoms with Crippen LogP contribution in [-0.2, 0) is 94.5 Å². The largest absolute Gasteiger partial charge is 0.494 e. The van der Waals surface area contributed by atoms with Gasteiger partial charge in [0, 0.05) is 23.3 Å². The van der Waals surface area contributed by atoms with Crippen LogP contribution in [0.5, 0.6) is 5.75 Å². The number of hydrogen-bond acceptors (Lipinski definition) is 7. The van der Waals surface area contributed by atoms with Crippen molar-refractivity contribution in [3.05, 3.63) is 242 Å². The molecular weight excluding hydrogens is 1110 g/mol. The molecular formula is C82H110O8. The highest BCUT2D eigenvalue weighted by Crippen LogP contribution is 2.22. The summed E-state index contributed by atoms with van der Waals surface area (Å²) in [7, 11) is 0. The van der Waals surface area contributed by atoms with E-state index in [1.807, 2.05) is 0 Å². The average Bonchev–Trinajstić information content (AvgIpc) is 3.37. The minimum absolute atomic E-state index is 0.176. The van der Waals surface area contributed by atoms with E-state index in [1.54, 1.807) is 13.8 Å². The van der Waals surface area contributed by atoms with Gasteiger partial charge in [0.05, 0.1) is 19.8 Å². The number of esters is 2. The first-order valence-corrected chi connectivity index (χ1v) is 33.8. The Balaban J connectivity index is 0.000000360. The lowest BCUT2D eigenvalue weighted by Gasteiger charge is -2.10. The topological polar surface area (TPSA) is 119 Å². The number of unbranched alkanes of at least 4 members (excludes halogenated alkanes) is 12. The molecule has 0 aliphatic heterocycles. The molecule has 0 unspecified atom stereocenters. The molecule has 0 fully saturated rings. The van der Waals surface area contributed by atoms with Gasteiger partial charge in [0.2, 0.25) is 0 Å². The second-order valence-corrected chi connectivity index (χ2v) is 24.7. The van der Waals surface area contributed by atoms with E-state index < -0.39 is 5.97 Å². The van der Waals surface area contributed by atoms with Gasteiger partial charge in [-0.05, 0) is 235 Å². The summed E-state index contributed by atoms with van der Waals surface area (Å²) >= 11 is 0. The minimum atomic E-state index is -0.935. The van der Waals surface area contributed by atoms with Crippen LogP contribution in [0, 0.1) is 13.8 Å². The molecule has 6 aromatic carbocycles. The van der Waals surface area contributed by atoms with Crippen molar-refractivity contribution < 1.29 is 38.8 Å². The van der Waals surface area contributed by atoms with Crippen LogP contribution in [0.3, 0.4) is 0 Å². The Labute approximate surface area is 543 Å². The smallest absolute Gasteiger partial charge is 0.333 e. The standard InChI is InChI=1S/C43H56O4.C35H48O2.C4H6O2/c1-33(2)42(44)46-30-12-8-6-10-14-36-16-20-38(21-17-36)24-25-40-27-29-41(35(5)32-40)28-26-39-22-18-37(19-23-39)15-11-7-9-13-31-47-43(45)34(3)4;1-3-4-5-10-27-37-35-24-20-32(21-25-35)16-17-33-19-23-34(29(2)28-33)22-18-31-14-12-30(13-15-31)11-8-6-7-9-26-36;1-3(2)4(5)6/h16-23,27,29,32H,1,3,6-15,24-26,28,30-31H2,2,4-5H3;12-15,19-21,23-25,28,36H,3-11,16-18,22,26-27H2,1-2H3;1H2,2H3,(H,5,6). The number of aliphatic carboxylic acids is 1. The molecule has 0 aliphatic carbocycles. The zero-order chi connectivity index (χ0) is 65.1. The van der Waals surface area contributed by atoms with E-state index >= 15 is 0 Å². The number of benzene rings is 6. The van der Waals surface area contributed by atoms with Crippen molar-refractivity contribution in [3.8, 4) is 5.75 Å². The third kappa shape index (κ3) is 33.0. The van der Waals surface area contributed by atoms with Gasteiger partial charge in [-0.25, -0.2) is 14.4 Å². The van der Waals surface area contributed by atoms with E-state index in [9.17, 15) is 14.4 Å². The number of carboxylic acid groups (broad SMARTS) is 1. The number of hydrogen-bond donors (Lipinski definition) is 2. The van der Waals surface area contributed by atoms with E-state index in [2.05, 4.69) is 174 Å². The van der Waals surface area contributed by atoms with Gasteiger partial charge >= 0.3 is 17.9 Å². The zero-order valence-corrected chi connectivity index (χ0v) is 56.1. The summed E-state index contributed by atoms with van der Waals surface area (Å²) < 4.78 is 16.2. The van der Waals surface area contributed by atoms with Crippen LogP contribution in [0.2, 0.25) is 0 Å². The minimum Gasteiger partial charge on any atom is -0.494 e. The maximum Gasteiger partial charge on any atom is 0.333 e. The maximum atomic E-state index is 11.4. The Bertz CT molecular complexity index is 3010. The number of ether oxygens (including phenoxy) is 3. The summed E-state index contributed by atoms with van der Waals surface area (Å²) in [5.74, 6) is -0.521. The summed E-state index contributed by atoms with van der Waals surface area (Å²) in [5, 5.41) is 16.8. The molecule has 0 saturated carbocycles. The molecule has 0 atom stereocenters. The average molecular weight is 1220 g/mol. The van der Waals surface area contributed by atoms with Crippen LogP contribution >= 0.6 is 0 Å². The van der Waals surface area contributed by atoms with Gasteiger partial charge in [0.15, 0.2) is 0 Å². The summed E-state index contributed by atoms with van der Waals surface area (Å²) in [6.45, 7) is 24.0. The van der Waals surface area contributed by atoms with Gasteiger partial charge in [0.1, 0.15) is 5.75 Å². The van der Waals surface area contributed by atoms with E-state index in [1.165, 1.54) is 111 Å². The maximum absolute atomic E-state index is 11.4. The lowest BCUT2D eigenvalue weighted by molar-refractivity contribution is -0.139. The van der Waals surface area contributed by atoms with Gasteiger partial charge in [-0.3, -0.25) is 0 Å². The summed E-state index contributed by atoms with van der Waals surface area (Å²) in [4.78, 5) is 32.4. The van der Waals surface area contributed by atoms with Crippen molar-refractivity contribution in [1.82, 2.24) is 0 Å². The Hall–Kier alpha value is -7.29. The highest BCUT2D eigenvalue weighted by atomic mass is 16.5. The summed E-state index contributed by atoms with van der Waals surface area (Å²) in [6.07, 6.45) is 29.9. The highest BCUT2D eigenvalue weighted by molar-refractivity contribution is 5.87. The second-order valence-electron chi connectivity index (χ2n) is 24.7. The van der Waals surface area contributed by atoms with Gasteiger partial charge in [0.25, 0.3) is 0 Å². The van der Waals surface area contributed by atoms with Crippen LogP contribution in [0.1, 0.15) is 203 Å². The quantitative estimate of drug-likeness (QED) is 0.0221. The normalized spacial score (nSPS) is 10.7. The molecule has 8 heteroatoms. The van der Waals surface area contributed by atoms with Crippen molar-refractivity contribution in [2.24, 2.45) is 0 Å². The Morgan fingerprint density at radius 1 is 0.356 bits per heavy atom. The fourth-order valence-electron chi connectivity index (χ4n) is 10.6. The molecule has 0 bridgehead atoms. The molecule has 0 saturated heterocycles. The van der Waals surface area contributed by atoms with Crippen LogP contribution in [-0.4, -0.2) is 54.5 Å². The fourth-order valence-corrected chi connectivity index (χ4v) is 10.6.